The number of fused-ring (bicyclic) bond motifs is 2. The van der Waals surface area contributed by atoms with Crippen molar-refractivity contribution in [2.45, 2.75) is 26.8 Å². The highest BCUT2D eigenvalue weighted by Gasteiger charge is 2.48. The van der Waals surface area contributed by atoms with Crippen LogP contribution < -0.4 is 9.64 Å². The number of nitrogens with zero attached hydrogens (tertiary/aromatic N) is 4. The van der Waals surface area contributed by atoms with Crippen molar-refractivity contribution in [1.82, 2.24) is 14.4 Å². The molecular weight excluding hydrogens is 500 g/mol. The van der Waals surface area contributed by atoms with Crippen molar-refractivity contribution in [3.8, 4) is 5.75 Å². The highest BCUT2D eigenvalue weighted by molar-refractivity contribution is 7.22. The molecule has 0 spiro atoms. The molecule has 1 saturated heterocycles. The first kappa shape index (κ1) is 23.9. The Bertz CT molecular complexity index is 1770. The van der Waals surface area contributed by atoms with Crippen LogP contribution in [0.3, 0.4) is 0 Å². The van der Waals surface area contributed by atoms with Crippen LogP contribution in [0.25, 0.3) is 21.6 Å². The largest absolute Gasteiger partial charge is 0.505 e. The summed E-state index contributed by atoms with van der Waals surface area (Å²) >= 11 is 1.34. The molecule has 1 atom stereocenters. The summed E-state index contributed by atoms with van der Waals surface area (Å²) in [6.45, 7) is 6.16. The predicted molar refractivity (Wildman–Crippen MR) is 147 cm³/mol. The van der Waals surface area contributed by atoms with Gasteiger partial charge < -0.3 is 9.84 Å². The Kier molecular flexibility index (Phi) is 5.72. The molecule has 1 aliphatic rings. The molecule has 8 nitrogen and oxygen atoms in total. The van der Waals surface area contributed by atoms with E-state index in [0.29, 0.717) is 40.1 Å². The maximum Gasteiger partial charge on any atom is 0.301 e. The summed E-state index contributed by atoms with van der Waals surface area (Å²) in [6.07, 6.45) is 1.77. The van der Waals surface area contributed by atoms with Gasteiger partial charge in [-0.1, -0.05) is 35.6 Å². The number of aliphatic hydroxyl groups excluding tert-OH is 1. The molecule has 1 fully saturated rings. The molecule has 0 bridgehead atoms. The summed E-state index contributed by atoms with van der Waals surface area (Å²) in [4.78, 5) is 37.8. The van der Waals surface area contributed by atoms with Crippen LogP contribution in [0.5, 0.6) is 5.75 Å². The number of aryl methyl sites for hydroxylation is 2. The van der Waals surface area contributed by atoms with Crippen molar-refractivity contribution in [3.05, 3.63) is 94.9 Å². The molecule has 0 aliphatic carbocycles. The molecular formula is C29H24N4O4S. The van der Waals surface area contributed by atoms with Crippen molar-refractivity contribution in [2.75, 3.05) is 11.5 Å². The van der Waals surface area contributed by atoms with Crippen LogP contribution in [0, 0.1) is 13.8 Å². The number of carbonyl (C=O) groups excluding carboxylic acids is 2. The minimum absolute atomic E-state index is 0.0108. The second-order valence-corrected chi connectivity index (χ2v) is 10.1. The van der Waals surface area contributed by atoms with Crippen molar-refractivity contribution in [2.24, 2.45) is 0 Å². The Balaban J connectivity index is 1.58. The van der Waals surface area contributed by atoms with Crippen molar-refractivity contribution in [3.63, 3.8) is 0 Å². The van der Waals surface area contributed by atoms with Gasteiger partial charge in [0.1, 0.15) is 17.1 Å². The Hall–Kier alpha value is -4.50. The molecule has 6 rings (SSSR count). The SMILES string of the molecule is CCOc1ccc(C2C(=C(O)c3c(C)nc4ccccn34)C(=O)C(=O)N2c2nc3ccc(C)cc3s2)cc1. The van der Waals surface area contributed by atoms with E-state index in [1.807, 2.05) is 50.2 Å². The molecule has 38 heavy (non-hydrogen) atoms. The van der Waals surface area contributed by atoms with Gasteiger partial charge in [0.25, 0.3) is 5.78 Å². The smallest absolute Gasteiger partial charge is 0.301 e. The van der Waals surface area contributed by atoms with E-state index < -0.39 is 17.7 Å². The number of hydrogen-bond acceptors (Lipinski definition) is 7. The third-order valence-electron chi connectivity index (χ3n) is 6.62. The maximum absolute atomic E-state index is 13.6. The molecule has 9 heteroatoms. The Morgan fingerprint density at radius 2 is 1.84 bits per heavy atom. The molecule has 1 aliphatic heterocycles. The Labute approximate surface area is 222 Å². The van der Waals surface area contributed by atoms with Gasteiger partial charge in [-0.05, 0) is 68.3 Å². The number of Topliss-reactive ketones (excluding diaryl/α,β-unsaturated/α-hetero) is 1. The molecule has 2 aromatic carbocycles. The third kappa shape index (κ3) is 3.74. The van der Waals surface area contributed by atoms with E-state index in [1.54, 1.807) is 41.8 Å². The first-order valence-electron chi connectivity index (χ1n) is 12.2. The lowest BCUT2D eigenvalue weighted by Gasteiger charge is -2.23. The summed E-state index contributed by atoms with van der Waals surface area (Å²) in [5.41, 5.74) is 3.98. The summed E-state index contributed by atoms with van der Waals surface area (Å²) in [5, 5.41) is 12.1. The summed E-state index contributed by atoms with van der Waals surface area (Å²) < 4.78 is 8.22. The molecule has 1 N–H and O–H groups in total. The molecule has 190 valence electrons. The van der Waals surface area contributed by atoms with Crippen LogP contribution in [0.4, 0.5) is 5.13 Å². The van der Waals surface area contributed by atoms with Gasteiger partial charge in [0.15, 0.2) is 10.9 Å². The number of ether oxygens (including phenoxy) is 1. The minimum atomic E-state index is -0.888. The number of aliphatic hydroxyl groups is 1. The monoisotopic (exact) mass is 524 g/mol. The van der Waals surface area contributed by atoms with Crippen LogP contribution in [-0.4, -0.2) is 37.8 Å². The second kappa shape index (κ2) is 9.11. The highest BCUT2D eigenvalue weighted by Crippen LogP contribution is 2.45. The number of imidazole rings is 1. The van der Waals surface area contributed by atoms with Crippen LogP contribution in [-0.2, 0) is 9.59 Å². The molecule has 4 heterocycles. The Morgan fingerprint density at radius 3 is 2.61 bits per heavy atom. The average molecular weight is 525 g/mol. The number of pyridine rings is 1. The Morgan fingerprint density at radius 1 is 1.05 bits per heavy atom. The topological polar surface area (TPSA) is 97.0 Å². The van der Waals surface area contributed by atoms with E-state index in [2.05, 4.69) is 4.98 Å². The standard InChI is InChI=1S/C29H24N4O4S/c1-4-37-19-11-9-18(10-12-19)25-23(26(34)24-17(3)30-22-7-5-6-14-32(22)24)27(35)28(36)33(25)29-31-20-13-8-16(2)15-21(20)38-29/h5-15,25,34H,4H2,1-3H3. The number of benzene rings is 2. The lowest BCUT2D eigenvalue weighted by atomic mass is 9.96. The summed E-state index contributed by atoms with van der Waals surface area (Å²) in [6, 6.07) is 17.6. The fraction of sp³-hybridized carbons (Fsp3) is 0.172. The van der Waals surface area contributed by atoms with Gasteiger partial charge in [0.2, 0.25) is 0 Å². The molecule has 5 aromatic rings. The molecule has 1 unspecified atom stereocenters. The number of amides is 1. The van der Waals surface area contributed by atoms with Crippen molar-refractivity contribution >= 4 is 49.8 Å². The lowest BCUT2D eigenvalue weighted by molar-refractivity contribution is -0.132. The first-order chi connectivity index (χ1) is 18.4. The number of anilines is 1. The van der Waals surface area contributed by atoms with Gasteiger partial charge in [0.05, 0.1) is 34.1 Å². The number of aromatic nitrogens is 3. The summed E-state index contributed by atoms with van der Waals surface area (Å²) in [5.74, 6) is -1.13. The van der Waals surface area contributed by atoms with E-state index in [9.17, 15) is 14.7 Å². The average Bonchev–Trinajstić information content (AvgIpc) is 3.55. The van der Waals surface area contributed by atoms with E-state index >= 15 is 0 Å². The van der Waals surface area contributed by atoms with Crippen LogP contribution in [0.15, 0.2) is 72.4 Å². The zero-order valence-electron chi connectivity index (χ0n) is 21.0. The zero-order valence-corrected chi connectivity index (χ0v) is 21.8. The van der Waals surface area contributed by atoms with Gasteiger partial charge >= 0.3 is 5.91 Å². The molecule has 0 saturated carbocycles. The lowest BCUT2D eigenvalue weighted by Crippen LogP contribution is -2.29. The van der Waals surface area contributed by atoms with E-state index in [4.69, 9.17) is 9.72 Å². The van der Waals surface area contributed by atoms with Crippen LogP contribution in [0.1, 0.15) is 35.5 Å². The number of ketones is 1. The van der Waals surface area contributed by atoms with Gasteiger partial charge in [-0.25, -0.2) is 9.97 Å². The second-order valence-electron chi connectivity index (χ2n) is 9.11. The highest BCUT2D eigenvalue weighted by atomic mass is 32.1. The normalized spacial score (nSPS) is 17.1. The fourth-order valence-corrected chi connectivity index (χ4v) is 6.00. The summed E-state index contributed by atoms with van der Waals surface area (Å²) in [7, 11) is 0. The van der Waals surface area contributed by atoms with E-state index in [1.165, 1.54) is 16.2 Å². The van der Waals surface area contributed by atoms with Crippen molar-refractivity contribution < 1.29 is 19.4 Å². The third-order valence-corrected chi connectivity index (χ3v) is 7.64. The van der Waals surface area contributed by atoms with Crippen LogP contribution >= 0.6 is 11.3 Å². The molecule has 1 amide bonds. The van der Waals surface area contributed by atoms with E-state index in [-0.39, 0.29) is 11.3 Å². The molecule has 0 radical (unpaired) electrons. The number of hydrogen-bond donors (Lipinski definition) is 1. The van der Waals surface area contributed by atoms with Crippen LogP contribution in [0.2, 0.25) is 0 Å². The van der Waals surface area contributed by atoms with Gasteiger partial charge in [-0.2, -0.15) is 0 Å². The fourth-order valence-electron chi connectivity index (χ4n) is 4.91. The van der Waals surface area contributed by atoms with Gasteiger partial charge in [0, 0.05) is 6.20 Å². The predicted octanol–water partition coefficient (Wildman–Crippen LogP) is 5.59. The zero-order chi connectivity index (χ0) is 26.6. The number of carbonyl (C=O) groups is 2. The first-order valence-corrected chi connectivity index (χ1v) is 13.0. The van der Waals surface area contributed by atoms with Gasteiger partial charge in [-0.15, -0.1) is 0 Å². The minimum Gasteiger partial charge on any atom is -0.505 e. The number of rotatable bonds is 5. The van der Waals surface area contributed by atoms with Crippen molar-refractivity contribution in [1.29, 1.82) is 0 Å². The van der Waals surface area contributed by atoms with E-state index in [0.717, 1.165) is 15.8 Å². The molecule has 3 aromatic heterocycles. The quantitative estimate of drug-likeness (QED) is 0.183. The number of thiazole rings is 1. The van der Waals surface area contributed by atoms with Gasteiger partial charge in [-0.3, -0.25) is 18.9 Å². The maximum atomic E-state index is 13.6.